The van der Waals surface area contributed by atoms with Crippen molar-refractivity contribution in [2.75, 3.05) is 18.4 Å². The number of hydrogen-bond acceptors (Lipinski definition) is 3. The van der Waals surface area contributed by atoms with Gasteiger partial charge in [-0.1, -0.05) is 6.07 Å². The SMILES string of the molecule is Cc1cnn(CCNC(=O)c2ccc3c(c2)NCC3)c1. The van der Waals surface area contributed by atoms with Crippen molar-refractivity contribution in [3.63, 3.8) is 0 Å². The average Bonchev–Trinajstić information content (AvgIpc) is 3.06. The number of anilines is 1. The Balaban J connectivity index is 1.56. The van der Waals surface area contributed by atoms with Crippen LogP contribution >= 0.6 is 0 Å². The van der Waals surface area contributed by atoms with Crippen molar-refractivity contribution in [2.24, 2.45) is 0 Å². The number of aryl methyl sites for hydroxylation is 1. The van der Waals surface area contributed by atoms with Crippen molar-refractivity contribution in [3.05, 3.63) is 47.3 Å². The summed E-state index contributed by atoms with van der Waals surface area (Å²) in [6.07, 6.45) is 4.81. The maximum Gasteiger partial charge on any atom is 0.251 e. The minimum atomic E-state index is -0.0367. The van der Waals surface area contributed by atoms with Crippen LogP contribution in [0.3, 0.4) is 0 Å². The lowest BCUT2D eigenvalue weighted by atomic mass is 10.1. The summed E-state index contributed by atoms with van der Waals surface area (Å²) in [4.78, 5) is 12.1. The molecule has 0 saturated heterocycles. The number of rotatable bonds is 4. The predicted molar refractivity (Wildman–Crippen MR) is 77.9 cm³/mol. The standard InChI is InChI=1S/C15H18N4O/c1-11-9-18-19(10-11)7-6-17-15(20)13-3-2-12-4-5-16-14(12)8-13/h2-3,8-10,16H,4-7H2,1H3,(H,17,20). The molecular formula is C15H18N4O. The summed E-state index contributed by atoms with van der Waals surface area (Å²) in [6.45, 7) is 4.21. The van der Waals surface area contributed by atoms with E-state index in [1.165, 1.54) is 5.56 Å². The van der Waals surface area contributed by atoms with Crippen molar-refractivity contribution >= 4 is 11.6 Å². The van der Waals surface area contributed by atoms with E-state index in [2.05, 4.69) is 15.7 Å². The first-order chi connectivity index (χ1) is 9.72. The molecule has 1 aliphatic rings. The fourth-order valence-electron chi connectivity index (χ4n) is 2.41. The Morgan fingerprint density at radius 2 is 2.40 bits per heavy atom. The van der Waals surface area contributed by atoms with Crippen LogP contribution in [0.5, 0.6) is 0 Å². The predicted octanol–water partition coefficient (Wildman–Crippen LogP) is 1.59. The third kappa shape index (κ3) is 2.66. The van der Waals surface area contributed by atoms with Crippen LogP contribution in [-0.2, 0) is 13.0 Å². The lowest BCUT2D eigenvalue weighted by molar-refractivity contribution is 0.0952. The van der Waals surface area contributed by atoms with Crippen LogP contribution < -0.4 is 10.6 Å². The zero-order valence-corrected chi connectivity index (χ0v) is 11.5. The second-order valence-corrected chi connectivity index (χ2v) is 5.09. The molecule has 0 atom stereocenters. The maximum atomic E-state index is 12.1. The fraction of sp³-hybridized carbons (Fsp3) is 0.333. The third-order valence-electron chi connectivity index (χ3n) is 3.47. The Morgan fingerprint density at radius 3 is 3.20 bits per heavy atom. The Morgan fingerprint density at radius 1 is 1.50 bits per heavy atom. The van der Waals surface area contributed by atoms with Crippen LogP contribution in [0, 0.1) is 6.92 Å². The molecule has 0 saturated carbocycles. The summed E-state index contributed by atoms with van der Waals surface area (Å²) in [7, 11) is 0. The molecule has 0 unspecified atom stereocenters. The number of amides is 1. The van der Waals surface area contributed by atoms with Gasteiger partial charge in [0.2, 0.25) is 0 Å². The molecule has 0 bridgehead atoms. The highest BCUT2D eigenvalue weighted by atomic mass is 16.1. The van der Waals surface area contributed by atoms with E-state index in [9.17, 15) is 4.79 Å². The van der Waals surface area contributed by atoms with E-state index in [0.717, 1.165) is 24.2 Å². The highest BCUT2D eigenvalue weighted by molar-refractivity contribution is 5.95. The number of aromatic nitrogens is 2. The van der Waals surface area contributed by atoms with Gasteiger partial charge in [-0.05, 0) is 36.6 Å². The molecule has 2 N–H and O–H groups in total. The lowest BCUT2D eigenvalue weighted by Gasteiger charge is -2.07. The van der Waals surface area contributed by atoms with Gasteiger partial charge in [0.1, 0.15) is 0 Å². The summed E-state index contributed by atoms with van der Waals surface area (Å²) in [6, 6.07) is 5.84. The van der Waals surface area contributed by atoms with Gasteiger partial charge in [0, 0.05) is 30.5 Å². The first kappa shape index (κ1) is 12.7. The highest BCUT2D eigenvalue weighted by Crippen LogP contribution is 2.22. The number of hydrogen-bond donors (Lipinski definition) is 2. The third-order valence-corrected chi connectivity index (χ3v) is 3.47. The van der Waals surface area contributed by atoms with E-state index in [0.29, 0.717) is 18.7 Å². The van der Waals surface area contributed by atoms with Crippen molar-refractivity contribution in [2.45, 2.75) is 19.9 Å². The van der Waals surface area contributed by atoms with E-state index >= 15 is 0 Å². The van der Waals surface area contributed by atoms with Gasteiger partial charge in [0.15, 0.2) is 0 Å². The zero-order valence-electron chi connectivity index (χ0n) is 11.5. The zero-order chi connectivity index (χ0) is 13.9. The first-order valence-electron chi connectivity index (χ1n) is 6.86. The Kier molecular flexibility index (Phi) is 3.41. The molecule has 1 aromatic heterocycles. The molecule has 0 radical (unpaired) electrons. The van der Waals surface area contributed by atoms with E-state index in [-0.39, 0.29) is 5.91 Å². The largest absolute Gasteiger partial charge is 0.384 e. The summed E-state index contributed by atoms with van der Waals surface area (Å²) in [5, 5.41) is 10.4. The second kappa shape index (κ2) is 5.36. The van der Waals surface area contributed by atoms with E-state index in [4.69, 9.17) is 0 Å². The topological polar surface area (TPSA) is 59.0 Å². The van der Waals surface area contributed by atoms with Gasteiger partial charge in [-0.25, -0.2) is 0 Å². The Labute approximate surface area is 118 Å². The Hall–Kier alpha value is -2.30. The van der Waals surface area contributed by atoms with Crippen molar-refractivity contribution in [1.29, 1.82) is 0 Å². The van der Waals surface area contributed by atoms with Gasteiger partial charge in [-0.2, -0.15) is 5.10 Å². The number of nitrogens with zero attached hydrogens (tertiary/aromatic N) is 2. The number of nitrogens with one attached hydrogen (secondary N) is 2. The fourth-order valence-corrected chi connectivity index (χ4v) is 2.41. The minimum Gasteiger partial charge on any atom is -0.384 e. The van der Waals surface area contributed by atoms with Gasteiger partial charge < -0.3 is 10.6 Å². The van der Waals surface area contributed by atoms with Gasteiger partial charge in [0.25, 0.3) is 5.91 Å². The van der Waals surface area contributed by atoms with Gasteiger partial charge in [-0.3, -0.25) is 9.48 Å². The smallest absolute Gasteiger partial charge is 0.251 e. The summed E-state index contributed by atoms with van der Waals surface area (Å²) in [5.74, 6) is -0.0367. The van der Waals surface area contributed by atoms with Gasteiger partial charge >= 0.3 is 0 Å². The normalized spacial score (nSPS) is 12.8. The number of carbonyl (C=O) groups is 1. The molecule has 1 aliphatic heterocycles. The highest BCUT2D eigenvalue weighted by Gasteiger charge is 2.13. The molecule has 3 rings (SSSR count). The van der Waals surface area contributed by atoms with Crippen LogP contribution in [0.1, 0.15) is 21.5 Å². The van der Waals surface area contributed by atoms with Crippen molar-refractivity contribution in [3.8, 4) is 0 Å². The van der Waals surface area contributed by atoms with E-state index in [1.54, 1.807) is 0 Å². The van der Waals surface area contributed by atoms with Crippen LogP contribution in [0.2, 0.25) is 0 Å². The number of carbonyl (C=O) groups excluding carboxylic acids is 1. The molecule has 5 nitrogen and oxygen atoms in total. The van der Waals surface area contributed by atoms with Gasteiger partial charge in [0.05, 0.1) is 12.7 Å². The average molecular weight is 270 g/mol. The lowest BCUT2D eigenvalue weighted by Crippen LogP contribution is -2.27. The molecule has 0 fully saturated rings. The summed E-state index contributed by atoms with van der Waals surface area (Å²) < 4.78 is 1.83. The van der Waals surface area contributed by atoms with Gasteiger partial charge in [-0.15, -0.1) is 0 Å². The molecule has 5 heteroatoms. The monoisotopic (exact) mass is 270 g/mol. The molecule has 20 heavy (non-hydrogen) atoms. The second-order valence-electron chi connectivity index (χ2n) is 5.09. The summed E-state index contributed by atoms with van der Waals surface area (Å²) >= 11 is 0. The molecule has 0 aliphatic carbocycles. The van der Waals surface area contributed by atoms with Crippen molar-refractivity contribution < 1.29 is 4.79 Å². The molecule has 0 spiro atoms. The Bertz CT molecular complexity index is 633. The van der Waals surface area contributed by atoms with Crippen LogP contribution in [0.25, 0.3) is 0 Å². The molecular weight excluding hydrogens is 252 g/mol. The van der Waals surface area contributed by atoms with Crippen LogP contribution in [0.15, 0.2) is 30.6 Å². The number of fused-ring (bicyclic) bond motifs is 1. The van der Waals surface area contributed by atoms with Crippen LogP contribution in [0.4, 0.5) is 5.69 Å². The maximum absolute atomic E-state index is 12.1. The quantitative estimate of drug-likeness (QED) is 0.887. The summed E-state index contributed by atoms with van der Waals surface area (Å²) in [5.41, 5.74) is 4.20. The first-order valence-corrected chi connectivity index (χ1v) is 6.86. The van der Waals surface area contributed by atoms with E-state index in [1.807, 2.05) is 42.2 Å². The molecule has 1 amide bonds. The molecule has 2 aromatic rings. The van der Waals surface area contributed by atoms with Crippen molar-refractivity contribution in [1.82, 2.24) is 15.1 Å². The molecule has 1 aromatic carbocycles. The minimum absolute atomic E-state index is 0.0367. The molecule has 104 valence electrons. The molecule has 2 heterocycles. The number of benzene rings is 1. The van der Waals surface area contributed by atoms with E-state index < -0.39 is 0 Å². The van der Waals surface area contributed by atoms with Crippen LogP contribution in [-0.4, -0.2) is 28.8 Å².